The topological polar surface area (TPSA) is 69.6 Å². The molecule has 0 aliphatic heterocycles. The van der Waals surface area contributed by atoms with Crippen molar-refractivity contribution in [2.24, 2.45) is 0 Å². The van der Waals surface area contributed by atoms with E-state index in [0.29, 0.717) is 23.2 Å². The number of fused-ring (bicyclic) bond motifs is 6. The SMILES string of the molecule is c1ccc(-c2nc(-c3ccccc3)nc(-c3ccc(-n4c5ccccc5c5ccc(-c6cccc7oc8ccccc8c67)cc54)cn3)n2)cc1. The fourth-order valence-corrected chi connectivity index (χ4v) is 7.01. The molecule has 0 aliphatic carbocycles. The number of benzene rings is 6. The van der Waals surface area contributed by atoms with Gasteiger partial charge >= 0.3 is 0 Å². The molecule has 0 radical (unpaired) electrons. The molecule has 6 heteroatoms. The number of furan rings is 1. The minimum Gasteiger partial charge on any atom is -0.456 e. The number of para-hydroxylation sites is 2. The van der Waals surface area contributed by atoms with Crippen molar-refractivity contribution in [2.45, 2.75) is 0 Å². The van der Waals surface area contributed by atoms with Crippen LogP contribution in [0.15, 0.2) is 168 Å². The molecule has 0 atom stereocenters. The molecule has 0 unspecified atom stereocenters. The predicted octanol–water partition coefficient (Wildman–Crippen LogP) is 10.9. The normalized spacial score (nSPS) is 11.6. The Morgan fingerprint density at radius 3 is 1.82 bits per heavy atom. The number of aromatic nitrogens is 5. The van der Waals surface area contributed by atoms with Crippen molar-refractivity contribution in [1.82, 2.24) is 24.5 Å². The third-order valence-electron chi connectivity index (χ3n) is 9.32. The van der Waals surface area contributed by atoms with Crippen LogP contribution in [0.4, 0.5) is 0 Å². The summed E-state index contributed by atoms with van der Waals surface area (Å²) < 4.78 is 8.52. The molecule has 4 aromatic heterocycles. The molecule has 10 rings (SSSR count). The predicted molar refractivity (Wildman–Crippen MR) is 201 cm³/mol. The fraction of sp³-hybridized carbons (Fsp3) is 0. The first-order valence-electron chi connectivity index (χ1n) is 16.6. The van der Waals surface area contributed by atoms with Gasteiger partial charge in [0.05, 0.1) is 22.9 Å². The molecule has 10 aromatic rings. The Bertz CT molecular complexity index is 2800. The fourth-order valence-electron chi connectivity index (χ4n) is 7.01. The molecule has 6 nitrogen and oxygen atoms in total. The summed E-state index contributed by atoms with van der Waals surface area (Å²) in [6, 6.07) is 53.8. The molecule has 6 aromatic carbocycles. The molecule has 0 spiro atoms. The smallest absolute Gasteiger partial charge is 0.182 e. The van der Waals surface area contributed by atoms with Gasteiger partial charge in [0, 0.05) is 32.7 Å². The van der Waals surface area contributed by atoms with E-state index in [-0.39, 0.29) is 0 Å². The highest BCUT2D eigenvalue weighted by atomic mass is 16.3. The zero-order valence-corrected chi connectivity index (χ0v) is 26.7. The molecule has 4 heterocycles. The first-order valence-corrected chi connectivity index (χ1v) is 16.6. The summed E-state index contributed by atoms with van der Waals surface area (Å²) in [5.41, 5.74) is 9.70. The van der Waals surface area contributed by atoms with E-state index in [4.69, 9.17) is 24.4 Å². The van der Waals surface area contributed by atoms with Gasteiger partial charge in [-0.15, -0.1) is 0 Å². The summed E-state index contributed by atoms with van der Waals surface area (Å²) >= 11 is 0. The molecule has 0 amide bonds. The van der Waals surface area contributed by atoms with E-state index >= 15 is 0 Å². The van der Waals surface area contributed by atoms with Gasteiger partial charge in [-0.3, -0.25) is 4.98 Å². The van der Waals surface area contributed by atoms with Crippen LogP contribution < -0.4 is 0 Å². The maximum absolute atomic E-state index is 6.23. The van der Waals surface area contributed by atoms with Gasteiger partial charge in [-0.1, -0.05) is 121 Å². The zero-order chi connectivity index (χ0) is 33.0. The minimum atomic E-state index is 0.522. The molecule has 50 heavy (non-hydrogen) atoms. The van der Waals surface area contributed by atoms with Crippen molar-refractivity contribution in [2.75, 3.05) is 0 Å². The lowest BCUT2D eigenvalue weighted by Crippen LogP contribution is -2.02. The molecular formula is C44H27N5O. The van der Waals surface area contributed by atoms with Gasteiger partial charge in [0.25, 0.3) is 0 Å². The first-order chi connectivity index (χ1) is 24.8. The number of hydrogen-bond donors (Lipinski definition) is 0. The quantitative estimate of drug-likeness (QED) is 0.187. The van der Waals surface area contributed by atoms with Crippen molar-refractivity contribution in [3.05, 3.63) is 164 Å². The highest BCUT2D eigenvalue weighted by Crippen LogP contribution is 2.40. The molecule has 234 valence electrons. The van der Waals surface area contributed by atoms with Crippen molar-refractivity contribution < 1.29 is 4.42 Å². The van der Waals surface area contributed by atoms with Gasteiger partial charge in [-0.25, -0.2) is 15.0 Å². The average molecular weight is 642 g/mol. The van der Waals surface area contributed by atoms with Crippen LogP contribution in [-0.4, -0.2) is 24.5 Å². The van der Waals surface area contributed by atoms with E-state index in [1.165, 1.54) is 10.8 Å². The maximum Gasteiger partial charge on any atom is 0.182 e. The Morgan fingerprint density at radius 1 is 0.440 bits per heavy atom. The summed E-state index contributed by atoms with van der Waals surface area (Å²) in [7, 11) is 0. The number of pyridine rings is 1. The third-order valence-corrected chi connectivity index (χ3v) is 9.32. The second-order valence-corrected chi connectivity index (χ2v) is 12.3. The molecule has 0 saturated heterocycles. The second-order valence-electron chi connectivity index (χ2n) is 12.3. The number of nitrogens with zero attached hydrogens (tertiary/aromatic N) is 5. The van der Waals surface area contributed by atoms with E-state index in [9.17, 15) is 0 Å². The highest BCUT2D eigenvalue weighted by molar-refractivity contribution is 6.14. The van der Waals surface area contributed by atoms with Gasteiger partial charge in [-0.2, -0.15) is 0 Å². The Labute approximate surface area is 287 Å². The van der Waals surface area contributed by atoms with E-state index in [1.807, 2.05) is 91.1 Å². The Balaban J connectivity index is 1.12. The highest BCUT2D eigenvalue weighted by Gasteiger charge is 2.18. The summed E-state index contributed by atoms with van der Waals surface area (Å²) in [4.78, 5) is 19.5. The van der Waals surface area contributed by atoms with Crippen LogP contribution in [0.2, 0.25) is 0 Å². The van der Waals surface area contributed by atoms with Crippen LogP contribution in [-0.2, 0) is 0 Å². The number of rotatable bonds is 5. The van der Waals surface area contributed by atoms with E-state index in [2.05, 4.69) is 77.4 Å². The van der Waals surface area contributed by atoms with Crippen molar-refractivity contribution >= 4 is 43.7 Å². The Kier molecular flexibility index (Phi) is 6.39. The molecule has 0 saturated carbocycles. The molecule has 0 N–H and O–H groups in total. The lowest BCUT2D eigenvalue weighted by atomic mass is 9.98. The summed E-state index contributed by atoms with van der Waals surface area (Å²) in [5, 5.41) is 4.60. The molecular weight excluding hydrogens is 615 g/mol. The largest absolute Gasteiger partial charge is 0.456 e. The molecule has 0 aliphatic rings. The van der Waals surface area contributed by atoms with E-state index in [0.717, 1.165) is 60.9 Å². The van der Waals surface area contributed by atoms with Crippen LogP contribution in [0.25, 0.3) is 94.9 Å². The Hall–Kier alpha value is -6.92. The van der Waals surface area contributed by atoms with Crippen molar-refractivity contribution in [3.8, 4) is 51.1 Å². The number of hydrogen-bond acceptors (Lipinski definition) is 5. The lowest BCUT2D eigenvalue weighted by Gasteiger charge is -2.11. The van der Waals surface area contributed by atoms with Gasteiger partial charge in [0.15, 0.2) is 17.5 Å². The summed E-state index contributed by atoms with van der Waals surface area (Å²) in [5.74, 6) is 1.74. The Morgan fingerprint density at radius 2 is 1.08 bits per heavy atom. The lowest BCUT2D eigenvalue weighted by molar-refractivity contribution is 0.669. The second kappa shape index (κ2) is 11.4. The monoisotopic (exact) mass is 641 g/mol. The standard InChI is InChI=1S/C44H27N5O/c1-3-12-28(13-4-1)42-46-43(29-14-5-2-6-15-29)48-44(47-42)36-25-23-31(27-45-36)49-37-19-9-7-16-33(37)34-24-22-30(26-38(34)49)32-18-11-21-40-41(32)35-17-8-10-20-39(35)50-40/h1-27H. The molecule has 0 fully saturated rings. The summed E-state index contributed by atoms with van der Waals surface area (Å²) in [6.07, 6.45) is 1.91. The van der Waals surface area contributed by atoms with E-state index in [1.54, 1.807) is 0 Å². The third kappa shape index (κ3) is 4.58. The first kappa shape index (κ1) is 28.1. The zero-order valence-electron chi connectivity index (χ0n) is 26.7. The minimum absolute atomic E-state index is 0.522. The van der Waals surface area contributed by atoms with Crippen molar-refractivity contribution in [1.29, 1.82) is 0 Å². The average Bonchev–Trinajstić information content (AvgIpc) is 3.74. The van der Waals surface area contributed by atoms with Crippen LogP contribution in [0.5, 0.6) is 0 Å². The van der Waals surface area contributed by atoms with E-state index < -0.39 is 0 Å². The van der Waals surface area contributed by atoms with Crippen molar-refractivity contribution in [3.63, 3.8) is 0 Å². The van der Waals surface area contributed by atoms with Crippen LogP contribution in [0, 0.1) is 0 Å². The van der Waals surface area contributed by atoms with Gasteiger partial charge < -0.3 is 8.98 Å². The van der Waals surface area contributed by atoms with Crippen LogP contribution >= 0.6 is 0 Å². The van der Waals surface area contributed by atoms with Gasteiger partial charge in [-0.05, 0) is 47.5 Å². The van der Waals surface area contributed by atoms with Crippen LogP contribution in [0.1, 0.15) is 0 Å². The van der Waals surface area contributed by atoms with Crippen LogP contribution in [0.3, 0.4) is 0 Å². The van der Waals surface area contributed by atoms with Gasteiger partial charge in [0.1, 0.15) is 16.9 Å². The molecule has 0 bridgehead atoms. The summed E-state index contributed by atoms with van der Waals surface area (Å²) in [6.45, 7) is 0. The maximum atomic E-state index is 6.23. The van der Waals surface area contributed by atoms with Gasteiger partial charge in [0.2, 0.25) is 0 Å².